The number of carbonyl (C=O) groups excluding carboxylic acids is 1. The lowest BCUT2D eigenvalue weighted by molar-refractivity contribution is -0.134. The molecule has 0 radical (unpaired) electrons. The van der Waals surface area contributed by atoms with Crippen molar-refractivity contribution in [3.05, 3.63) is 33.8 Å². The Morgan fingerprint density at radius 1 is 1.24 bits per heavy atom. The summed E-state index contributed by atoms with van der Waals surface area (Å²) in [7, 11) is 0. The third kappa shape index (κ3) is 5.20. The van der Waals surface area contributed by atoms with Gasteiger partial charge in [0.2, 0.25) is 5.91 Å². The Morgan fingerprint density at radius 3 is 2.64 bits per heavy atom. The van der Waals surface area contributed by atoms with Gasteiger partial charge in [-0.15, -0.1) is 12.4 Å². The van der Waals surface area contributed by atoms with Crippen molar-refractivity contribution in [1.82, 2.24) is 9.80 Å². The molecule has 1 amide bonds. The highest BCUT2D eigenvalue weighted by molar-refractivity contribution is 7.99. The number of rotatable bonds is 4. The van der Waals surface area contributed by atoms with E-state index in [0.717, 1.165) is 30.2 Å². The Kier molecular flexibility index (Phi) is 8.22. The molecule has 2 aliphatic rings. The molecule has 0 aromatic heterocycles. The maximum absolute atomic E-state index is 13.1. The highest BCUT2D eigenvalue weighted by Gasteiger charge is 2.32. The molecule has 2 fully saturated rings. The number of amides is 1. The van der Waals surface area contributed by atoms with Crippen molar-refractivity contribution in [3.8, 4) is 0 Å². The first kappa shape index (κ1) is 21.2. The maximum Gasteiger partial charge on any atom is 0.230 e. The summed E-state index contributed by atoms with van der Waals surface area (Å²) in [5, 5.41) is 1.04. The molecule has 2 unspecified atom stereocenters. The molecule has 0 spiro atoms. The molecule has 7 heteroatoms. The molecule has 2 heterocycles. The van der Waals surface area contributed by atoms with Gasteiger partial charge in [0, 0.05) is 24.6 Å². The van der Waals surface area contributed by atoms with E-state index in [1.165, 1.54) is 25.9 Å². The van der Waals surface area contributed by atoms with Gasteiger partial charge in [0.05, 0.1) is 22.0 Å². The zero-order valence-electron chi connectivity index (χ0n) is 14.4. The number of nitrogens with zero attached hydrogens (tertiary/aromatic N) is 2. The maximum atomic E-state index is 13.1. The normalized spacial score (nSPS) is 22.5. The molecule has 25 heavy (non-hydrogen) atoms. The molecule has 3 rings (SSSR count). The van der Waals surface area contributed by atoms with Crippen LogP contribution in [0.1, 0.15) is 31.2 Å². The molecule has 1 aromatic rings. The number of halogens is 3. The van der Waals surface area contributed by atoms with Crippen LogP contribution >= 0.6 is 47.4 Å². The lowest BCUT2D eigenvalue weighted by Gasteiger charge is -2.39. The summed E-state index contributed by atoms with van der Waals surface area (Å²) >= 11 is 14.1. The molecule has 2 saturated heterocycles. The zero-order valence-corrected chi connectivity index (χ0v) is 17.6. The number of benzene rings is 1. The van der Waals surface area contributed by atoms with Crippen LogP contribution < -0.4 is 0 Å². The first-order chi connectivity index (χ1) is 11.6. The highest BCUT2D eigenvalue weighted by atomic mass is 35.5. The lowest BCUT2D eigenvalue weighted by Crippen LogP contribution is -2.52. The Hall–Kier alpha value is -0.130. The second kappa shape index (κ2) is 9.70. The second-order valence-corrected chi connectivity index (χ2v) is 8.63. The van der Waals surface area contributed by atoms with E-state index >= 15 is 0 Å². The summed E-state index contributed by atoms with van der Waals surface area (Å²) in [5.41, 5.74) is 0.938. The van der Waals surface area contributed by atoms with Crippen LogP contribution in [0.5, 0.6) is 0 Å². The Bertz CT molecular complexity index is 596. The predicted molar refractivity (Wildman–Crippen MR) is 111 cm³/mol. The fraction of sp³-hybridized carbons (Fsp3) is 0.611. The van der Waals surface area contributed by atoms with Crippen molar-refractivity contribution in [1.29, 1.82) is 0 Å². The van der Waals surface area contributed by atoms with Gasteiger partial charge in [-0.2, -0.15) is 11.8 Å². The summed E-state index contributed by atoms with van der Waals surface area (Å²) in [4.78, 5) is 17.7. The molecular weight excluding hydrogens is 399 g/mol. The summed E-state index contributed by atoms with van der Waals surface area (Å²) in [6, 6.07) is 5.82. The van der Waals surface area contributed by atoms with Gasteiger partial charge in [-0.1, -0.05) is 29.3 Å². The minimum absolute atomic E-state index is 0. The fourth-order valence-electron chi connectivity index (χ4n) is 3.53. The van der Waals surface area contributed by atoms with Gasteiger partial charge in [0.1, 0.15) is 0 Å². The molecule has 2 aliphatic heterocycles. The predicted octanol–water partition coefficient (Wildman–Crippen LogP) is 4.56. The van der Waals surface area contributed by atoms with Crippen molar-refractivity contribution in [2.24, 2.45) is 0 Å². The van der Waals surface area contributed by atoms with Gasteiger partial charge in [0.25, 0.3) is 0 Å². The number of carbonyl (C=O) groups is 1. The topological polar surface area (TPSA) is 23.6 Å². The van der Waals surface area contributed by atoms with Crippen LogP contribution in [0.15, 0.2) is 18.2 Å². The van der Waals surface area contributed by atoms with Crippen LogP contribution in [0.2, 0.25) is 10.0 Å². The van der Waals surface area contributed by atoms with Crippen LogP contribution in [0.4, 0.5) is 0 Å². The monoisotopic (exact) mass is 422 g/mol. The van der Waals surface area contributed by atoms with Crippen molar-refractivity contribution in [2.45, 2.75) is 31.7 Å². The lowest BCUT2D eigenvalue weighted by atomic mass is 9.99. The average molecular weight is 424 g/mol. The summed E-state index contributed by atoms with van der Waals surface area (Å²) in [6.45, 7) is 6.16. The molecular formula is C18H25Cl3N2OS. The Morgan fingerprint density at radius 2 is 1.96 bits per heavy atom. The molecule has 0 N–H and O–H groups in total. The SMILES string of the molecule is CC(C(=O)N1CCSCC1CN1CCCC1)c1ccc(Cl)c(Cl)c1.Cl. The first-order valence-electron chi connectivity index (χ1n) is 8.62. The first-order valence-corrected chi connectivity index (χ1v) is 10.5. The van der Waals surface area contributed by atoms with Gasteiger partial charge < -0.3 is 9.80 Å². The molecule has 140 valence electrons. The molecule has 0 bridgehead atoms. The van der Waals surface area contributed by atoms with Crippen molar-refractivity contribution < 1.29 is 4.79 Å². The van der Waals surface area contributed by atoms with E-state index in [9.17, 15) is 4.79 Å². The fourth-order valence-corrected chi connectivity index (χ4v) is 4.89. The van der Waals surface area contributed by atoms with E-state index in [1.807, 2.05) is 30.8 Å². The summed E-state index contributed by atoms with van der Waals surface area (Å²) in [5.74, 6) is 2.08. The van der Waals surface area contributed by atoms with Gasteiger partial charge in [-0.3, -0.25) is 4.79 Å². The minimum atomic E-state index is -0.191. The third-order valence-corrected chi connectivity index (χ3v) is 6.82. The van der Waals surface area contributed by atoms with Gasteiger partial charge in [0.15, 0.2) is 0 Å². The third-order valence-electron chi connectivity index (χ3n) is 4.99. The Balaban J connectivity index is 0.00000225. The van der Waals surface area contributed by atoms with Crippen molar-refractivity contribution >= 4 is 53.3 Å². The van der Waals surface area contributed by atoms with Crippen LogP contribution in [-0.2, 0) is 4.79 Å². The van der Waals surface area contributed by atoms with Crippen LogP contribution in [-0.4, -0.2) is 59.4 Å². The Labute approximate surface area is 170 Å². The minimum Gasteiger partial charge on any atom is -0.336 e. The molecule has 1 aromatic carbocycles. The van der Waals surface area contributed by atoms with Gasteiger partial charge in [-0.05, 0) is 50.6 Å². The largest absolute Gasteiger partial charge is 0.336 e. The van der Waals surface area contributed by atoms with Crippen molar-refractivity contribution in [3.63, 3.8) is 0 Å². The van der Waals surface area contributed by atoms with E-state index in [1.54, 1.807) is 6.07 Å². The zero-order chi connectivity index (χ0) is 17.1. The number of hydrogen-bond donors (Lipinski definition) is 0. The number of likely N-dealkylation sites (tertiary alicyclic amines) is 1. The highest BCUT2D eigenvalue weighted by Crippen LogP contribution is 2.29. The molecule has 0 saturated carbocycles. The number of hydrogen-bond acceptors (Lipinski definition) is 3. The average Bonchev–Trinajstić information content (AvgIpc) is 3.09. The molecule has 2 atom stereocenters. The van der Waals surface area contributed by atoms with E-state index in [-0.39, 0.29) is 24.2 Å². The van der Waals surface area contributed by atoms with Crippen LogP contribution in [0, 0.1) is 0 Å². The van der Waals surface area contributed by atoms with Gasteiger partial charge in [-0.25, -0.2) is 0 Å². The molecule has 0 aliphatic carbocycles. The summed E-state index contributed by atoms with van der Waals surface area (Å²) < 4.78 is 0. The summed E-state index contributed by atoms with van der Waals surface area (Å²) in [6.07, 6.45) is 2.57. The van der Waals surface area contributed by atoms with E-state index in [2.05, 4.69) is 9.80 Å². The smallest absolute Gasteiger partial charge is 0.230 e. The van der Waals surface area contributed by atoms with E-state index in [4.69, 9.17) is 23.2 Å². The van der Waals surface area contributed by atoms with E-state index < -0.39 is 0 Å². The van der Waals surface area contributed by atoms with E-state index in [0.29, 0.717) is 16.1 Å². The van der Waals surface area contributed by atoms with Crippen molar-refractivity contribution in [2.75, 3.05) is 37.7 Å². The standard InChI is InChI=1S/C18H24Cl2N2OS.ClH/c1-13(14-4-5-16(19)17(20)10-14)18(23)22-8-9-24-12-15(22)11-21-6-2-3-7-21;/h4-5,10,13,15H,2-3,6-9,11-12H2,1H3;1H. The quantitative estimate of drug-likeness (QED) is 0.709. The van der Waals surface area contributed by atoms with Gasteiger partial charge >= 0.3 is 0 Å². The van der Waals surface area contributed by atoms with Crippen LogP contribution in [0.25, 0.3) is 0 Å². The number of thioether (sulfide) groups is 1. The van der Waals surface area contributed by atoms with Crippen LogP contribution in [0.3, 0.4) is 0 Å². The second-order valence-electron chi connectivity index (χ2n) is 6.66. The molecule has 3 nitrogen and oxygen atoms in total.